The number of rotatable bonds is 5. The minimum absolute atomic E-state index is 0.255. The van der Waals surface area contributed by atoms with Crippen LogP contribution in [-0.2, 0) is 13.1 Å². The first-order chi connectivity index (χ1) is 13.2. The van der Waals surface area contributed by atoms with E-state index in [-0.39, 0.29) is 17.2 Å². The fourth-order valence-electron chi connectivity index (χ4n) is 3.07. The van der Waals surface area contributed by atoms with Crippen LogP contribution >= 0.6 is 0 Å². The molecule has 6 nitrogen and oxygen atoms in total. The third-order valence-corrected chi connectivity index (χ3v) is 4.47. The second kappa shape index (κ2) is 7.29. The van der Waals surface area contributed by atoms with Gasteiger partial charge in [-0.3, -0.25) is 9.59 Å². The summed E-state index contributed by atoms with van der Waals surface area (Å²) in [5.41, 5.74) is 2.11. The molecular formula is C21H18N4O2. The molecule has 0 fully saturated rings. The molecule has 0 aliphatic heterocycles. The van der Waals surface area contributed by atoms with Gasteiger partial charge in [0, 0.05) is 30.9 Å². The van der Waals surface area contributed by atoms with Crippen molar-refractivity contribution in [2.45, 2.75) is 13.1 Å². The highest BCUT2D eigenvalue weighted by Gasteiger charge is 2.10. The van der Waals surface area contributed by atoms with E-state index in [1.54, 1.807) is 30.7 Å². The van der Waals surface area contributed by atoms with E-state index in [1.165, 1.54) is 0 Å². The molecule has 4 aromatic rings. The van der Waals surface area contributed by atoms with Crippen LogP contribution in [0.25, 0.3) is 10.8 Å². The molecule has 2 aromatic carbocycles. The topological polar surface area (TPSA) is 79.8 Å². The third-order valence-electron chi connectivity index (χ3n) is 4.47. The number of hydrogen-bond acceptors (Lipinski definition) is 3. The monoisotopic (exact) mass is 358 g/mol. The largest absolute Gasteiger partial charge is 0.347 e. The van der Waals surface area contributed by atoms with Gasteiger partial charge in [-0.05, 0) is 28.6 Å². The SMILES string of the molecule is O=C(NCc1ccccc1Cn1ccnc1)c1cc2ccccc2c(=O)[nH]1. The van der Waals surface area contributed by atoms with Crippen LogP contribution < -0.4 is 10.9 Å². The number of aromatic amines is 1. The van der Waals surface area contributed by atoms with Crippen LogP contribution in [0.15, 0.2) is 78.1 Å². The molecule has 0 aliphatic rings. The van der Waals surface area contributed by atoms with Crippen molar-refractivity contribution in [2.75, 3.05) is 0 Å². The lowest BCUT2D eigenvalue weighted by atomic mass is 10.1. The third kappa shape index (κ3) is 3.64. The second-order valence-corrected chi connectivity index (χ2v) is 6.29. The van der Waals surface area contributed by atoms with Crippen LogP contribution in [0, 0.1) is 0 Å². The summed E-state index contributed by atoms with van der Waals surface area (Å²) in [6.45, 7) is 1.05. The molecule has 0 atom stereocenters. The average Bonchev–Trinajstić information content (AvgIpc) is 3.20. The van der Waals surface area contributed by atoms with Gasteiger partial charge in [-0.1, -0.05) is 42.5 Å². The summed E-state index contributed by atoms with van der Waals surface area (Å²) in [5, 5.41) is 4.20. The van der Waals surface area contributed by atoms with Gasteiger partial charge >= 0.3 is 0 Å². The standard InChI is InChI=1S/C21H18N4O2/c26-20-18-8-4-3-5-15(18)11-19(24-20)21(27)23-12-16-6-1-2-7-17(16)13-25-10-9-22-14-25/h1-11,14H,12-13H2,(H,23,27)(H,24,26). The highest BCUT2D eigenvalue weighted by Crippen LogP contribution is 2.12. The molecule has 134 valence electrons. The lowest BCUT2D eigenvalue weighted by molar-refractivity contribution is 0.0946. The maximum Gasteiger partial charge on any atom is 0.268 e. The van der Waals surface area contributed by atoms with Crippen molar-refractivity contribution in [3.8, 4) is 0 Å². The molecule has 0 saturated carbocycles. The molecule has 27 heavy (non-hydrogen) atoms. The normalized spacial score (nSPS) is 10.8. The van der Waals surface area contributed by atoms with Gasteiger partial charge in [0.25, 0.3) is 11.5 Å². The van der Waals surface area contributed by atoms with Gasteiger partial charge in [0.1, 0.15) is 5.69 Å². The summed E-state index contributed by atoms with van der Waals surface area (Å²) >= 11 is 0. The van der Waals surface area contributed by atoms with Crippen LogP contribution in [0.1, 0.15) is 21.6 Å². The first kappa shape index (κ1) is 16.8. The van der Waals surface area contributed by atoms with Crippen molar-refractivity contribution >= 4 is 16.7 Å². The fourth-order valence-corrected chi connectivity index (χ4v) is 3.07. The van der Waals surface area contributed by atoms with Crippen LogP contribution in [0.2, 0.25) is 0 Å². The van der Waals surface area contributed by atoms with Gasteiger partial charge in [0.15, 0.2) is 0 Å². The van der Waals surface area contributed by atoms with Crippen LogP contribution in [0.5, 0.6) is 0 Å². The lowest BCUT2D eigenvalue weighted by Crippen LogP contribution is -2.26. The van der Waals surface area contributed by atoms with E-state index in [0.29, 0.717) is 18.5 Å². The zero-order valence-corrected chi connectivity index (χ0v) is 14.6. The first-order valence-electron chi connectivity index (χ1n) is 8.63. The van der Waals surface area contributed by atoms with Gasteiger partial charge in [0.2, 0.25) is 0 Å². The van der Waals surface area contributed by atoms with Crippen molar-refractivity contribution in [3.63, 3.8) is 0 Å². The van der Waals surface area contributed by atoms with Gasteiger partial charge in [0.05, 0.1) is 6.33 Å². The number of amides is 1. The summed E-state index contributed by atoms with van der Waals surface area (Å²) in [4.78, 5) is 31.4. The number of benzene rings is 2. The Morgan fingerprint density at radius 1 is 1.07 bits per heavy atom. The highest BCUT2D eigenvalue weighted by atomic mass is 16.2. The molecule has 2 heterocycles. The van der Waals surface area contributed by atoms with Crippen LogP contribution in [0.3, 0.4) is 0 Å². The maximum absolute atomic E-state index is 12.5. The lowest BCUT2D eigenvalue weighted by Gasteiger charge is -2.11. The number of H-pyrrole nitrogens is 1. The van der Waals surface area contributed by atoms with Crippen LogP contribution in [0.4, 0.5) is 0 Å². The molecule has 4 rings (SSSR count). The highest BCUT2D eigenvalue weighted by molar-refractivity contribution is 5.96. The molecule has 0 radical (unpaired) electrons. The number of nitrogens with one attached hydrogen (secondary N) is 2. The van der Waals surface area contributed by atoms with Gasteiger partial charge < -0.3 is 14.9 Å². The molecule has 0 unspecified atom stereocenters. The minimum Gasteiger partial charge on any atom is -0.347 e. The van der Waals surface area contributed by atoms with Gasteiger partial charge in [-0.15, -0.1) is 0 Å². The number of nitrogens with zero attached hydrogens (tertiary/aromatic N) is 2. The van der Waals surface area contributed by atoms with E-state index in [2.05, 4.69) is 15.3 Å². The zero-order chi connectivity index (χ0) is 18.6. The Morgan fingerprint density at radius 2 is 1.85 bits per heavy atom. The second-order valence-electron chi connectivity index (χ2n) is 6.29. The Hall–Kier alpha value is -3.67. The number of carbonyl (C=O) groups is 1. The van der Waals surface area contributed by atoms with Crippen molar-refractivity contribution in [1.82, 2.24) is 19.9 Å². The fraction of sp³-hybridized carbons (Fsp3) is 0.0952. The Balaban J connectivity index is 1.52. The average molecular weight is 358 g/mol. The van der Waals surface area contributed by atoms with Gasteiger partial charge in [-0.25, -0.2) is 4.98 Å². The molecule has 0 saturated heterocycles. The number of carbonyl (C=O) groups excluding carboxylic acids is 1. The van der Waals surface area contributed by atoms with Crippen LogP contribution in [-0.4, -0.2) is 20.4 Å². The molecule has 0 aliphatic carbocycles. The van der Waals surface area contributed by atoms with Crippen molar-refractivity contribution in [2.24, 2.45) is 0 Å². The zero-order valence-electron chi connectivity index (χ0n) is 14.6. The molecule has 2 N–H and O–H groups in total. The number of aromatic nitrogens is 3. The van der Waals surface area contributed by atoms with Crippen molar-refractivity contribution in [3.05, 3.63) is 100 Å². The Labute approximate surface area is 155 Å². The van der Waals surface area contributed by atoms with Gasteiger partial charge in [-0.2, -0.15) is 0 Å². The van der Waals surface area contributed by atoms with E-state index in [4.69, 9.17) is 0 Å². The van der Waals surface area contributed by atoms with Crippen molar-refractivity contribution < 1.29 is 4.79 Å². The summed E-state index contributed by atoms with van der Waals surface area (Å²) in [7, 11) is 0. The van der Waals surface area contributed by atoms with E-state index in [0.717, 1.165) is 16.5 Å². The predicted octanol–water partition coefficient (Wildman–Crippen LogP) is 2.70. The number of fused-ring (bicyclic) bond motifs is 1. The maximum atomic E-state index is 12.5. The quantitative estimate of drug-likeness (QED) is 0.576. The number of imidazole rings is 1. The molecule has 0 bridgehead atoms. The summed E-state index contributed by atoms with van der Waals surface area (Å²) in [6.07, 6.45) is 5.39. The predicted molar refractivity (Wildman–Crippen MR) is 104 cm³/mol. The summed E-state index contributed by atoms with van der Waals surface area (Å²) < 4.78 is 1.97. The summed E-state index contributed by atoms with van der Waals surface area (Å²) in [6, 6.07) is 16.8. The molecular weight excluding hydrogens is 340 g/mol. The molecule has 6 heteroatoms. The number of hydrogen-bond donors (Lipinski definition) is 2. The molecule has 0 spiro atoms. The number of pyridine rings is 1. The molecule has 2 aromatic heterocycles. The smallest absolute Gasteiger partial charge is 0.268 e. The summed E-state index contributed by atoms with van der Waals surface area (Å²) in [5.74, 6) is -0.310. The van der Waals surface area contributed by atoms with E-state index >= 15 is 0 Å². The van der Waals surface area contributed by atoms with Crippen molar-refractivity contribution in [1.29, 1.82) is 0 Å². The van der Waals surface area contributed by atoms with E-state index < -0.39 is 0 Å². The van der Waals surface area contributed by atoms with E-state index in [1.807, 2.05) is 47.2 Å². The first-order valence-corrected chi connectivity index (χ1v) is 8.63. The minimum atomic E-state index is -0.310. The molecule has 1 amide bonds. The Bertz CT molecular complexity index is 1150. The van der Waals surface area contributed by atoms with E-state index in [9.17, 15) is 9.59 Å². The Morgan fingerprint density at radius 3 is 2.67 bits per heavy atom. The Kier molecular flexibility index (Phi) is 4.53.